The minimum atomic E-state index is -4.96. The lowest BCUT2D eigenvalue weighted by Gasteiger charge is -2.27. The molecule has 1 aromatic heterocycles. The van der Waals surface area contributed by atoms with Gasteiger partial charge in [-0.2, -0.15) is 18.0 Å². The number of aliphatic carboxylic acids is 1. The third kappa shape index (κ3) is 3.24. The molecule has 2 unspecified atom stereocenters. The predicted molar refractivity (Wildman–Crippen MR) is 85.3 cm³/mol. The molecule has 1 aromatic carbocycles. The molecular formula is C16H16F3N5O3. The van der Waals surface area contributed by atoms with Crippen LogP contribution >= 0.6 is 0 Å². The average molecular weight is 383 g/mol. The van der Waals surface area contributed by atoms with Gasteiger partial charge in [0.05, 0.1) is 0 Å². The summed E-state index contributed by atoms with van der Waals surface area (Å²) in [7, 11) is 0. The molecule has 1 aliphatic rings. The van der Waals surface area contributed by atoms with Crippen LogP contribution in [0.5, 0.6) is 0 Å². The smallest absolute Gasteiger partial charge is 0.406 e. The van der Waals surface area contributed by atoms with Crippen molar-refractivity contribution in [2.45, 2.75) is 25.6 Å². The fourth-order valence-electron chi connectivity index (χ4n) is 2.98. The summed E-state index contributed by atoms with van der Waals surface area (Å²) in [6.07, 6.45) is -5.65. The van der Waals surface area contributed by atoms with Crippen LogP contribution in [0.4, 0.5) is 13.2 Å². The molecule has 11 heteroatoms. The number of carbonyl (C=O) groups excluding carboxylic acids is 1. The Balaban J connectivity index is 1.77. The molecular weight excluding hydrogens is 367 g/mol. The lowest BCUT2D eigenvalue weighted by Crippen LogP contribution is -2.48. The van der Waals surface area contributed by atoms with Gasteiger partial charge in [-0.15, -0.1) is 10.2 Å². The minimum Gasteiger partial charge on any atom is -0.481 e. The van der Waals surface area contributed by atoms with E-state index in [2.05, 4.69) is 15.4 Å². The van der Waals surface area contributed by atoms with Gasteiger partial charge in [0.1, 0.15) is 6.04 Å². The molecule has 3 rings (SSSR count). The molecule has 1 amide bonds. The number of likely N-dealkylation sites (tertiary alicyclic amines) is 1. The van der Waals surface area contributed by atoms with Gasteiger partial charge in [-0.25, -0.2) is 0 Å². The van der Waals surface area contributed by atoms with Crippen molar-refractivity contribution in [2.75, 3.05) is 13.1 Å². The first-order valence-corrected chi connectivity index (χ1v) is 8.09. The van der Waals surface area contributed by atoms with Crippen molar-refractivity contribution in [3.8, 4) is 11.4 Å². The highest BCUT2D eigenvalue weighted by molar-refractivity contribution is 5.83. The molecule has 1 N–H and O–H groups in total. The van der Waals surface area contributed by atoms with Crippen LogP contribution in [0.1, 0.15) is 19.4 Å². The number of hydrogen-bond acceptors (Lipinski definition) is 5. The number of carboxylic acid groups (broad SMARTS) is 1. The first kappa shape index (κ1) is 18.8. The summed E-state index contributed by atoms with van der Waals surface area (Å²) >= 11 is 0. The van der Waals surface area contributed by atoms with E-state index in [0.717, 1.165) is 9.70 Å². The van der Waals surface area contributed by atoms with Crippen molar-refractivity contribution in [1.29, 1.82) is 0 Å². The lowest BCUT2D eigenvalue weighted by molar-refractivity contribution is -0.227. The Morgan fingerprint density at radius 1 is 1.26 bits per heavy atom. The number of amides is 1. The molecule has 2 aromatic rings. The molecule has 2 atom stereocenters. The van der Waals surface area contributed by atoms with Gasteiger partial charge in [-0.3, -0.25) is 9.59 Å². The standard InChI is InChI=1S/C16H16F3N5O3/c1-10(24-21-12(20-22-24)11-5-3-2-4-6-11)13(25)23-8-7-15(9-23,14(26)27)16(17,18)19/h2-6,10H,7-9H2,1H3,(H,26,27). The highest BCUT2D eigenvalue weighted by Crippen LogP contribution is 2.46. The van der Waals surface area contributed by atoms with Crippen LogP contribution in [0.15, 0.2) is 30.3 Å². The Bertz CT molecular complexity index is 854. The van der Waals surface area contributed by atoms with Gasteiger partial charge < -0.3 is 10.0 Å². The second-order valence-corrected chi connectivity index (χ2v) is 6.37. The first-order valence-electron chi connectivity index (χ1n) is 8.09. The molecule has 0 aliphatic carbocycles. The van der Waals surface area contributed by atoms with Crippen LogP contribution in [0.2, 0.25) is 0 Å². The molecule has 2 heterocycles. The van der Waals surface area contributed by atoms with E-state index in [1.165, 1.54) is 6.92 Å². The Morgan fingerprint density at radius 3 is 2.48 bits per heavy atom. The second kappa shape index (κ2) is 6.63. The van der Waals surface area contributed by atoms with Gasteiger partial charge in [-0.1, -0.05) is 30.3 Å². The van der Waals surface area contributed by atoms with Crippen molar-refractivity contribution in [3.63, 3.8) is 0 Å². The quantitative estimate of drug-likeness (QED) is 0.864. The zero-order valence-electron chi connectivity index (χ0n) is 14.2. The molecule has 0 bridgehead atoms. The molecule has 144 valence electrons. The van der Waals surface area contributed by atoms with E-state index >= 15 is 0 Å². The van der Waals surface area contributed by atoms with E-state index < -0.39 is 42.5 Å². The zero-order valence-corrected chi connectivity index (χ0v) is 14.2. The topological polar surface area (TPSA) is 101 Å². The first-order chi connectivity index (χ1) is 12.7. The third-order valence-electron chi connectivity index (χ3n) is 4.70. The molecule has 0 saturated carbocycles. The monoisotopic (exact) mass is 383 g/mol. The van der Waals surface area contributed by atoms with Gasteiger partial charge >= 0.3 is 12.1 Å². The predicted octanol–water partition coefficient (Wildman–Crippen LogP) is 1.77. The summed E-state index contributed by atoms with van der Waals surface area (Å²) < 4.78 is 39.8. The molecule has 27 heavy (non-hydrogen) atoms. The number of halogens is 3. The number of tetrazole rings is 1. The molecule has 0 spiro atoms. The van der Waals surface area contributed by atoms with E-state index in [0.29, 0.717) is 5.56 Å². The zero-order chi connectivity index (χ0) is 19.8. The highest BCUT2D eigenvalue weighted by Gasteiger charge is 2.64. The highest BCUT2D eigenvalue weighted by atomic mass is 19.4. The van der Waals surface area contributed by atoms with Gasteiger partial charge in [0, 0.05) is 18.7 Å². The van der Waals surface area contributed by atoms with E-state index in [1.54, 1.807) is 24.3 Å². The Hall–Kier alpha value is -2.98. The Morgan fingerprint density at radius 2 is 1.93 bits per heavy atom. The SMILES string of the molecule is CC(C(=O)N1CCC(C(=O)O)(C(F)(F)F)C1)n1nnc(-c2ccccc2)n1. The van der Waals surface area contributed by atoms with Gasteiger partial charge in [0.15, 0.2) is 5.41 Å². The maximum atomic E-state index is 13.3. The van der Waals surface area contributed by atoms with Gasteiger partial charge in [0.25, 0.3) is 0 Å². The normalized spacial score (nSPS) is 21.3. The molecule has 8 nitrogen and oxygen atoms in total. The second-order valence-electron chi connectivity index (χ2n) is 6.37. The Labute approximate surface area is 151 Å². The van der Waals surface area contributed by atoms with Crippen LogP contribution in [0, 0.1) is 5.41 Å². The molecule has 1 saturated heterocycles. The van der Waals surface area contributed by atoms with Crippen LogP contribution < -0.4 is 0 Å². The number of rotatable bonds is 4. The van der Waals surface area contributed by atoms with E-state index in [-0.39, 0.29) is 12.4 Å². The lowest BCUT2D eigenvalue weighted by atomic mass is 9.86. The minimum absolute atomic E-state index is 0.270. The number of nitrogens with zero attached hydrogens (tertiary/aromatic N) is 5. The van der Waals surface area contributed by atoms with Crippen molar-refractivity contribution in [3.05, 3.63) is 30.3 Å². The summed E-state index contributed by atoms with van der Waals surface area (Å²) in [5.41, 5.74) is -2.28. The fraction of sp³-hybridized carbons (Fsp3) is 0.438. The van der Waals surface area contributed by atoms with Crippen molar-refractivity contribution >= 4 is 11.9 Å². The van der Waals surface area contributed by atoms with Crippen molar-refractivity contribution < 1.29 is 27.9 Å². The van der Waals surface area contributed by atoms with E-state index in [9.17, 15) is 22.8 Å². The van der Waals surface area contributed by atoms with Crippen LogP contribution in [-0.4, -0.2) is 61.4 Å². The summed E-state index contributed by atoms with van der Waals surface area (Å²) in [5, 5.41) is 20.8. The third-order valence-corrected chi connectivity index (χ3v) is 4.70. The summed E-state index contributed by atoms with van der Waals surface area (Å²) in [5.74, 6) is -2.41. The van der Waals surface area contributed by atoms with Gasteiger partial charge in [-0.05, 0) is 18.6 Å². The fourth-order valence-corrected chi connectivity index (χ4v) is 2.98. The van der Waals surface area contributed by atoms with Crippen LogP contribution in [0.25, 0.3) is 11.4 Å². The number of alkyl halides is 3. The Kier molecular flexibility index (Phi) is 4.62. The van der Waals surface area contributed by atoms with Crippen LogP contribution in [-0.2, 0) is 9.59 Å². The summed E-state index contributed by atoms with van der Waals surface area (Å²) in [6, 6.07) is 7.84. The van der Waals surface area contributed by atoms with Gasteiger partial charge in [0.2, 0.25) is 11.7 Å². The van der Waals surface area contributed by atoms with Crippen molar-refractivity contribution in [1.82, 2.24) is 25.1 Å². The number of aromatic nitrogens is 4. The number of carboxylic acids is 1. The molecule has 1 fully saturated rings. The number of carbonyl (C=O) groups is 2. The van der Waals surface area contributed by atoms with Crippen LogP contribution in [0.3, 0.4) is 0 Å². The summed E-state index contributed by atoms with van der Waals surface area (Å²) in [4.78, 5) is 25.7. The number of hydrogen-bond donors (Lipinski definition) is 1. The maximum Gasteiger partial charge on any atom is 0.406 e. The largest absolute Gasteiger partial charge is 0.481 e. The van der Waals surface area contributed by atoms with E-state index in [1.807, 2.05) is 6.07 Å². The molecule has 0 radical (unpaired) electrons. The maximum absolute atomic E-state index is 13.3. The number of benzene rings is 1. The molecule has 1 aliphatic heterocycles. The van der Waals surface area contributed by atoms with Crippen molar-refractivity contribution in [2.24, 2.45) is 5.41 Å². The van der Waals surface area contributed by atoms with E-state index in [4.69, 9.17) is 5.11 Å². The average Bonchev–Trinajstić information content (AvgIpc) is 3.29. The summed E-state index contributed by atoms with van der Waals surface area (Å²) in [6.45, 7) is 0.178.